The Morgan fingerprint density at radius 3 is 1.51 bits per heavy atom. The highest BCUT2D eigenvalue weighted by Gasteiger charge is 2.34. The van der Waals surface area contributed by atoms with E-state index in [-0.39, 0.29) is 44.7 Å². The number of aliphatic hydroxyl groups excluding tert-OH is 1. The van der Waals surface area contributed by atoms with Gasteiger partial charge in [0, 0.05) is 13.0 Å². The van der Waals surface area contributed by atoms with Crippen LogP contribution in [0.25, 0.3) is 0 Å². The summed E-state index contributed by atoms with van der Waals surface area (Å²) < 4.78 is 0. The van der Waals surface area contributed by atoms with Gasteiger partial charge in [0.05, 0.1) is 12.1 Å². The van der Waals surface area contributed by atoms with Gasteiger partial charge in [0.2, 0.25) is 29.5 Å². The molecule has 0 rings (SSSR count). The lowest BCUT2D eigenvalue weighted by Crippen LogP contribution is -2.61. The minimum atomic E-state index is -1.55. The van der Waals surface area contributed by atoms with Crippen molar-refractivity contribution in [3.8, 4) is 0 Å². The highest BCUT2D eigenvalue weighted by atomic mass is 16.4. The normalized spacial score (nSPS) is 15.0. The SMILES string of the molecule is CC(C)[C@H](NC(=O)[C@H](CCCCN)NC(=O)[C@H](CCC(=O)O)NC(=O)[C@H](CCCN=C(N)N)NC(=O)[C@@H](NC(=O)[C@@H](N)CCCCN)[C@@H](C)O)C(=O)O. The van der Waals surface area contributed by atoms with E-state index in [1.165, 1.54) is 6.92 Å². The third kappa shape index (κ3) is 20.3. The van der Waals surface area contributed by atoms with Crippen molar-refractivity contribution < 1.29 is 48.9 Å². The largest absolute Gasteiger partial charge is 0.481 e. The van der Waals surface area contributed by atoms with Crippen LogP contribution in [0.2, 0.25) is 0 Å². The first kappa shape index (κ1) is 48.4. The van der Waals surface area contributed by atoms with Crippen LogP contribution in [-0.2, 0) is 33.6 Å². The van der Waals surface area contributed by atoms with Crippen LogP contribution >= 0.6 is 0 Å². The quantitative estimate of drug-likeness (QED) is 0.0206. The van der Waals surface area contributed by atoms with Gasteiger partial charge in [-0.1, -0.05) is 20.3 Å². The molecule has 0 unspecified atom stereocenters. The van der Waals surface area contributed by atoms with Crippen LogP contribution in [0.3, 0.4) is 0 Å². The highest BCUT2D eigenvalue weighted by molar-refractivity contribution is 5.96. The van der Waals surface area contributed by atoms with E-state index in [0.29, 0.717) is 32.2 Å². The number of nitrogens with zero attached hydrogens (tertiary/aromatic N) is 1. The van der Waals surface area contributed by atoms with Gasteiger partial charge >= 0.3 is 11.9 Å². The second kappa shape index (κ2) is 26.2. The van der Waals surface area contributed by atoms with Gasteiger partial charge in [-0.3, -0.25) is 33.8 Å². The maximum absolute atomic E-state index is 13.7. The molecule has 0 saturated carbocycles. The summed E-state index contributed by atoms with van der Waals surface area (Å²) >= 11 is 0. The molecule has 0 aromatic heterocycles. The minimum absolute atomic E-state index is 0.0342. The van der Waals surface area contributed by atoms with Gasteiger partial charge in [0.25, 0.3) is 0 Å². The molecule has 0 aromatic carbocycles. The van der Waals surface area contributed by atoms with Crippen molar-refractivity contribution in [2.75, 3.05) is 19.6 Å². The van der Waals surface area contributed by atoms with Crippen LogP contribution in [0.4, 0.5) is 0 Å². The molecule has 0 radical (unpaired) electrons. The predicted molar refractivity (Wildman–Crippen MR) is 194 cm³/mol. The Hall–Kier alpha value is -4.60. The molecule has 304 valence electrons. The molecule has 0 aliphatic carbocycles. The predicted octanol–water partition coefficient (Wildman–Crippen LogP) is -3.96. The molecule has 7 atom stereocenters. The number of carboxylic acid groups (broad SMARTS) is 2. The molecule has 0 heterocycles. The number of rotatable bonds is 28. The van der Waals surface area contributed by atoms with E-state index in [0.717, 1.165) is 0 Å². The molecule has 0 bridgehead atoms. The van der Waals surface area contributed by atoms with Gasteiger partial charge in [0.15, 0.2) is 5.96 Å². The van der Waals surface area contributed by atoms with Crippen molar-refractivity contribution >= 4 is 47.4 Å². The van der Waals surface area contributed by atoms with Crippen molar-refractivity contribution in [1.82, 2.24) is 26.6 Å². The molecule has 0 spiro atoms. The van der Waals surface area contributed by atoms with E-state index < -0.39 is 103 Å². The zero-order valence-electron chi connectivity index (χ0n) is 30.8. The van der Waals surface area contributed by atoms with Gasteiger partial charge in [-0.25, -0.2) is 4.79 Å². The fourth-order valence-corrected chi connectivity index (χ4v) is 4.95. The van der Waals surface area contributed by atoms with Crippen molar-refractivity contribution in [2.24, 2.45) is 39.6 Å². The van der Waals surface area contributed by atoms with E-state index in [2.05, 4.69) is 31.6 Å². The number of aliphatic imine (C=N–C) groups is 1. The van der Waals surface area contributed by atoms with Crippen LogP contribution in [0.5, 0.6) is 0 Å². The van der Waals surface area contributed by atoms with Gasteiger partial charge < -0.3 is 70.6 Å². The van der Waals surface area contributed by atoms with Crippen LogP contribution in [0.1, 0.15) is 85.0 Å². The minimum Gasteiger partial charge on any atom is -0.481 e. The molecule has 53 heavy (non-hydrogen) atoms. The van der Waals surface area contributed by atoms with Gasteiger partial charge in [-0.15, -0.1) is 0 Å². The standard InChI is InChI=1S/C32H61N11O10/c1-17(2)24(31(52)53)42-29(50)20(10-5-7-15-34)39-28(49)22(12-13-23(45)46)40-27(48)21(11-8-16-38-32(36)37)41-30(51)25(18(3)44)43-26(47)19(35)9-4-6-14-33/h17-22,24-25,44H,4-16,33-35H2,1-3H3,(H,39,49)(H,40,48)(H,41,51)(H,42,50)(H,43,47)(H,45,46)(H,52,53)(H4,36,37,38)/t18-,19+,20+,21+,22+,24+,25+/m1/s1. The number of unbranched alkanes of at least 4 members (excludes halogenated alkanes) is 2. The monoisotopic (exact) mass is 759 g/mol. The molecule has 0 saturated heterocycles. The molecule has 21 nitrogen and oxygen atoms in total. The first-order valence-corrected chi connectivity index (χ1v) is 17.7. The first-order valence-electron chi connectivity index (χ1n) is 17.7. The third-order valence-corrected chi connectivity index (χ3v) is 8.04. The Morgan fingerprint density at radius 1 is 0.604 bits per heavy atom. The summed E-state index contributed by atoms with van der Waals surface area (Å²) in [5, 5.41) is 41.4. The Labute approximate surface area is 309 Å². The van der Waals surface area contributed by atoms with Crippen molar-refractivity contribution in [2.45, 2.75) is 127 Å². The fraction of sp³-hybridized carbons (Fsp3) is 0.750. The average Bonchev–Trinajstić information content (AvgIpc) is 3.07. The molecule has 5 amide bonds. The smallest absolute Gasteiger partial charge is 0.326 e. The first-order chi connectivity index (χ1) is 24.9. The average molecular weight is 760 g/mol. The van der Waals surface area contributed by atoms with E-state index in [9.17, 15) is 48.9 Å². The number of amides is 5. The van der Waals surface area contributed by atoms with Gasteiger partial charge in [-0.05, 0) is 77.3 Å². The number of aliphatic carboxylic acids is 2. The number of hydrogen-bond donors (Lipinski definition) is 13. The maximum atomic E-state index is 13.7. The number of guanidine groups is 1. The fourth-order valence-electron chi connectivity index (χ4n) is 4.95. The Bertz CT molecular complexity index is 1230. The van der Waals surface area contributed by atoms with Crippen LogP contribution in [-0.4, -0.2) is 125 Å². The highest BCUT2D eigenvalue weighted by Crippen LogP contribution is 2.09. The molecule has 0 aliphatic rings. The van der Waals surface area contributed by atoms with Gasteiger partial charge in [-0.2, -0.15) is 0 Å². The summed E-state index contributed by atoms with van der Waals surface area (Å²) in [6.45, 7) is 5.12. The molecule has 18 N–H and O–H groups in total. The van der Waals surface area contributed by atoms with Crippen molar-refractivity contribution in [1.29, 1.82) is 0 Å². The summed E-state index contributed by atoms with van der Waals surface area (Å²) in [5.41, 5.74) is 27.8. The summed E-state index contributed by atoms with van der Waals surface area (Å²) in [6, 6.07) is -8.06. The van der Waals surface area contributed by atoms with Crippen LogP contribution < -0.4 is 55.3 Å². The summed E-state index contributed by atoms with van der Waals surface area (Å²) in [5.74, 6) is -7.72. The number of carbonyl (C=O) groups is 7. The zero-order chi connectivity index (χ0) is 40.7. The number of hydrogen-bond acceptors (Lipinski definition) is 12. The molecule has 0 aromatic rings. The summed E-state index contributed by atoms with van der Waals surface area (Å²) in [4.78, 5) is 93.6. The van der Waals surface area contributed by atoms with E-state index >= 15 is 0 Å². The van der Waals surface area contributed by atoms with Crippen LogP contribution in [0.15, 0.2) is 4.99 Å². The van der Waals surface area contributed by atoms with Crippen molar-refractivity contribution in [3.05, 3.63) is 0 Å². The van der Waals surface area contributed by atoms with E-state index in [1.54, 1.807) is 13.8 Å². The number of carbonyl (C=O) groups excluding carboxylic acids is 5. The molecule has 21 heteroatoms. The molecule has 0 aliphatic heterocycles. The second-order valence-corrected chi connectivity index (χ2v) is 13.0. The summed E-state index contributed by atoms with van der Waals surface area (Å²) in [7, 11) is 0. The lowest BCUT2D eigenvalue weighted by atomic mass is 10.0. The second-order valence-electron chi connectivity index (χ2n) is 13.0. The van der Waals surface area contributed by atoms with Crippen molar-refractivity contribution in [3.63, 3.8) is 0 Å². The number of aliphatic hydroxyl groups is 1. The molecular formula is C32H61N11O10. The molecular weight excluding hydrogens is 698 g/mol. The van der Waals surface area contributed by atoms with Gasteiger partial charge in [0.1, 0.15) is 30.2 Å². The Kier molecular flexibility index (Phi) is 23.9. The Balaban J connectivity index is 6.32. The maximum Gasteiger partial charge on any atom is 0.326 e. The lowest BCUT2D eigenvalue weighted by Gasteiger charge is -2.28. The van der Waals surface area contributed by atoms with E-state index in [1.807, 2.05) is 0 Å². The number of carboxylic acids is 2. The molecule has 0 fully saturated rings. The topological polar surface area (TPSA) is 383 Å². The van der Waals surface area contributed by atoms with E-state index in [4.69, 9.17) is 28.7 Å². The van der Waals surface area contributed by atoms with Crippen LogP contribution in [0, 0.1) is 5.92 Å². The Morgan fingerprint density at radius 2 is 1.06 bits per heavy atom. The summed E-state index contributed by atoms with van der Waals surface area (Å²) in [6.07, 6.45) is -0.123. The zero-order valence-corrected chi connectivity index (χ0v) is 30.8. The number of nitrogens with one attached hydrogen (secondary N) is 5. The lowest BCUT2D eigenvalue weighted by molar-refractivity contribution is -0.143. The third-order valence-electron chi connectivity index (χ3n) is 8.04. The number of nitrogens with two attached hydrogens (primary N) is 5.